The maximum Gasteiger partial charge on any atom is 0.304 e. The molecule has 5 aliphatic heterocycles. The topological polar surface area (TPSA) is 503 Å². The fourth-order valence-electron chi connectivity index (χ4n) is 20.2. The molecule has 772 valence electrons. The van der Waals surface area contributed by atoms with Crippen molar-refractivity contribution in [2.75, 3.05) is 91.2 Å². The summed E-state index contributed by atoms with van der Waals surface area (Å²) in [6, 6.07) is 36.8. The molecule has 37 nitrogen and oxygen atoms in total. The van der Waals surface area contributed by atoms with Crippen molar-refractivity contribution in [1.82, 2.24) is 67.9 Å². The molecular weight excluding hydrogens is 1930 g/mol. The van der Waals surface area contributed by atoms with Gasteiger partial charge in [-0.3, -0.25) is 24.0 Å². The molecule has 6 aliphatic rings. The number of nitrogen functional groups attached to an aromatic ring is 2. The van der Waals surface area contributed by atoms with Gasteiger partial charge in [0.25, 0.3) is 59.3 Å². The van der Waals surface area contributed by atoms with E-state index in [0.29, 0.717) is 96.9 Å². The number of sulfonamides is 3. The van der Waals surface area contributed by atoms with E-state index in [9.17, 15) is 62.0 Å². The zero-order valence-corrected chi connectivity index (χ0v) is 88.0. The monoisotopic (exact) mass is 2060 g/mol. The number of hydrogen-bond acceptors (Lipinski definition) is 30. The maximum atomic E-state index is 14.7. The van der Waals surface area contributed by atoms with Gasteiger partial charge in [0.05, 0.1) is 60.2 Å². The van der Waals surface area contributed by atoms with Gasteiger partial charge in [-0.1, -0.05) is 53.7 Å². The highest BCUT2D eigenvalue weighted by Gasteiger charge is 2.51. The number of H-pyrrole nitrogens is 1. The third kappa shape index (κ3) is 23.8. The Morgan fingerprint density at radius 2 is 0.972 bits per heavy atom. The number of carbonyl (C=O) groups is 4. The number of ether oxygens (including phenoxy) is 3. The minimum atomic E-state index is -4.46. The third-order valence-electron chi connectivity index (χ3n) is 27.1. The number of benzene rings is 3. The van der Waals surface area contributed by atoms with E-state index in [1.807, 2.05) is 55.5 Å². The van der Waals surface area contributed by atoms with Gasteiger partial charge in [0, 0.05) is 115 Å². The van der Waals surface area contributed by atoms with Crippen molar-refractivity contribution in [3.63, 3.8) is 0 Å². The molecular formula is C103H128FN21O16S4. The first kappa shape index (κ1) is 107. The molecule has 42 heteroatoms. The number of methoxy groups -OCH3 is 2. The maximum absolute atomic E-state index is 14.7. The fourth-order valence-corrected chi connectivity index (χ4v) is 24.5. The first-order valence-corrected chi connectivity index (χ1v) is 53.9. The number of aromatic nitrogens is 9. The molecule has 1 saturated carbocycles. The van der Waals surface area contributed by atoms with Crippen LogP contribution in [0.25, 0.3) is 39.6 Å². The molecule has 1 spiro atoms. The molecule has 0 radical (unpaired) electrons. The predicted octanol–water partition coefficient (Wildman–Crippen LogP) is 13.6. The molecule has 13 heterocycles. The van der Waals surface area contributed by atoms with Crippen LogP contribution < -0.4 is 75.5 Å². The lowest BCUT2D eigenvalue weighted by atomic mass is 9.73. The minimum absolute atomic E-state index is 0.0137. The Bertz CT molecular complexity index is 7300. The Kier molecular flexibility index (Phi) is 31.5. The molecule has 5 saturated heterocycles. The van der Waals surface area contributed by atoms with E-state index in [1.165, 1.54) is 96.2 Å². The second-order valence-corrected chi connectivity index (χ2v) is 47.4. The number of carbonyl (C=O) groups excluding carboxylic acids is 4. The van der Waals surface area contributed by atoms with Gasteiger partial charge >= 0.3 is 10.2 Å². The minimum Gasteiger partial charge on any atom is -0.497 e. The molecule has 11 N–H and O–H groups in total. The number of pyridine rings is 7. The Labute approximate surface area is 846 Å². The third-order valence-corrected chi connectivity index (χ3v) is 32.6. The fraction of sp³-hybridized carbons (Fsp3) is 0.417. The number of nitrogens with zero attached hydrogens (tertiary/aromatic N) is 13. The van der Waals surface area contributed by atoms with E-state index in [4.69, 9.17) is 46.4 Å². The zero-order chi connectivity index (χ0) is 105. The van der Waals surface area contributed by atoms with Crippen LogP contribution in [0.15, 0.2) is 184 Å². The lowest BCUT2D eigenvalue weighted by Gasteiger charge is -2.47. The first-order chi connectivity index (χ1) is 68.2. The molecule has 6 fully saturated rings. The highest BCUT2D eigenvalue weighted by molar-refractivity contribution is 7.91. The average Bonchev–Trinajstić information content (AvgIpc) is 1.60. The summed E-state index contributed by atoms with van der Waals surface area (Å²) in [5.74, 6) is 1.56. The Morgan fingerprint density at radius 1 is 0.510 bits per heavy atom. The summed E-state index contributed by atoms with van der Waals surface area (Å²) in [6.45, 7) is 37.0. The summed E-state index contributed by atoms with van der Waals surface area (Å²) in [7, 11) is -13.9. The van der Waals surface area contributed by atoms with Crippen LogP contribution >= 0.6 is 0 Å². The molecule has 3 aromatic carbocycles. The highest BCUT2D eigenvalue weighted by Crippen LogP contribution is 2.51. The van der Waals surface area contributed by atoms with Gasteiger partial charge in [-0.15, -0.1) is 5.10 Å². The summed E-state index contributed by atoms with van der Waals surface area (Å²) in [5, 5.41) is 4.49. The van der Waals surface area contributed by atoms with Crippen molar-refractivity contribution < 1.29 is 71.5 Å². The van der Waals surface area contributed by atoms with Gasteiger partial charge in [-0.05, 0) is 294 Å². The number of nitrogens with two attached hydrogens (primary N) is 3. The number of anilines is 6. The van der Waals surface area contributed by atoms with Gasteiger partial charge in [0.1, 0.15) is 62.0 Å². The average molecular weight is 2060 g/mol. The van der Waals surface area contributed by atoms with E-state index >= 15 is 0 Å². The van der Waals surface area contributed by atoms with Crippen LogP contribution in [0.1, 0.15) is 198 Å². The van der Waals surface area contributed by atoms with E-state index < -0.39 is 85.7 Å². The summed E-state index contributed by atoms with van der Waals surface area (Å²) in [4.78, 5) is 102. The van der Waals surface area contributed by atoms with Gasteiger partial charge in [0.2, 0.25) is 5.88 Å². The lowest BCUT2D eigenvalue weighted by molar-refractivity contribution is 0.0970. The second-order valence-electron chi connectivity index (χ2n) is 40.8. The quantitative estimate of drug-likeness (QED) is 0.0263. The summed E-state index contributed by atoms with van der Waals surface area (Å²) in [6.07, 6.45) is 13.2. The molecule has 4 amide bonds. The van der Waals surface area contributed by atoms with Crippen LogP contribution in [0, 0.1) is 63.1 Å². The van der Waals surface area contributed by atoms with E-state index in [-0.39, 0.29) is 95.9 Å². The molecule has 0 bridgehead atoms. The Hall–Kier alpha value is -13.6. The molecule has 11 aromatic rings. The highest BCUT2D eigenvalue weighted by atomic mass is 32.2. The zero-order valence-electron chi connectivity index (χ0n) is 84.7. The first-order valence-electron chi connectivity index (χ1n) is 48.0. The summed E-state index contributed by atoms with van der Waals surface area (Å²) >= 11 is 0. The number of hydrogen-bond donors (Lipinski definition) is 8. The largest absolute Gasteiger partial charge is 0.497 e. The molecule has 5 atom stereocenters. The number of amides is 4. The van der Waals surface area contributed by atoms with Crippen molar-refractivity contribution in [3.8, 4) is 57.0 Å². The SMILES string of the molecule is CC(C)COc1ccn(-c2ccc(C(=O)NS(=O)(=O)c3cccnc3N)c(N3CC(C)CC34CCC4)n2)n1.COc1cc(C)c(-c2ccc(C(=O)NS(=O)(=O)c3cccnc3N)c(N3C[C@@H](C)CC3(C)C)n2)c(C)c1.COc1ccc(F)c(-c2ccc(C(=O)NS(=O)(=O)c3ccc[nH]c3=O)c(N3C[C@@H](C)CC3(C)C)n2)c1.Cc1ccc(-c2ccc(C(=O)NS(=O)(=O)N3CC[C@H](N)C3)c(N3C[C@@H](C)CC3(C)C)n2)cc1C. The Morgan fingerprint density at radius 3 is 1.43 bits per heavy atom. The van der Waals surface area contributed by atoms with Gasteiger partial charge in [0.15, 0.2) is 10.7 Å². The normalized spacial score (nSPS) is 18.8. The number of aromatic amines is 1. The number of rotatable bonds is 25. The smallest absolute Gasteiger partial charge is 0.304 e. The van der Waals surface area contributed by atoms with Crippen LogP contribution in [0.3, 0.4) is 0 Å². The molecule has 1 unspecified atom stereocenters. The van der Waals surface area contributed by atoms with Gasteiger partial charge in [-0.2, -0.15) is 12.7 Å². The molecule has 1 aliphatic carbocycles. The van der Waals surface area contributed by atoms with Crippen LogP contribution in [0.4, 0.5) is 39.3 Å². The van der Waals surface area contributed by atoms with Crippen molar-refractivity contribution >= 4 is 98.8 Å². The van der Waals surface area contributed by atoms with Crippen molar-refractivity contribution in [2.45, 2.75) is 205 Å². The van der Waals surface area contributed by atoms with E-state index in [1.54, 1.807) is 60.5 Å². The van der Waals surface area contributed by atoms with Gasteiger partial charge < -0.3 is 56.0 Å². The van der Waals surface area contributed by atoms with Crippen LogP contribution in [-0.2, 0) is 40.3 Å². The van der Waals surface area contributed by atoms with Crippen molar-refractivity contribution in [1.29, 1.82) is 0 Å². The molecule has 17 rings (SSSR count). The lowest BCUT2D eigenvalue weighted by Crippen LogP contribution is -2.50. The molecule has 8 aromatic heterocycles. The number of halogens is 1. The van der Waals surface area contributed by atoms with E-state index in [0.717, 1.165) is 103 Å². The standard InChI is InChI=1S/C27H33N5O4S.C26H33N7O4S.C25H27FN4O5S.C25H35N5O3S/c1-16-14-27(4,5)32(15-16)25-20(26(33)31-37(34,35)22-8-7-11-29-24(22)28)9-10-21(30-25)23-17(2)12-19(36-6)13-18(23)3;1-17(2)16-37-22-9-13-33(30-22)21-8-7-19(24(29-21)32-15-18(3)14-26(32)10-5-11-26)25(34)31-38(35,36)20-6-4-12-28-23(20)27;1-15-13-25(2,3)30(14-15)22-17(23(31)29-36(33,34)21-6-5-11-27-24(21)32)8-10-20(28-22)18-12-16(35-4)7-9-19(18)26;1-16-13-25(4,5)30(14-16)23-21(24(31)28-34(32,33)29-11-10-20(26)15-29)8-9-22(27-23)19-7-6-17(2)18(3)12-19/h7-13,16H,14-15H2,1-6H3,(H2,28,29)(H,31,33);4,6-9,12-13,17-18H,5,10-11,14-16H2,1-3H3,(H2,27,28)(H,31,34);5-12,15H,13-14H2,1-4H3,(H,27,32)(H,29,31);6-9,12,16,20H,10-11,13-15,26H2,1-5H3,(H,28,31)/t16-;;15-;16-,20-/m0.00/s1. The van der Waals surface area contributed by atoms with Crippen LogP contribution in [-0.4, -0.2) is 195 Å². The summed E-state index contributed by atoms with van der Waals surface area (Å²) < 4.78 is 146. The van der Waals surface area contributed by atoms with Crippen molar-refractivity contribution in [2.24, 2.45) is 35.3 Å². The van der Waals surface area contributed by atoms with Crippen LogP contribution in [0.5, 0.6) is 17.4 Å². The predicted molar refractivity (Wildman–Crippen MR) is 555 cm³/mol. The Balaban J connectivity index is 0.000000153. The van der Waals surface area contributed by atoms with Crippen LogP contribution in [0.2, 0.25) is 0 Å². The second kappa shape index (κ2) is 42.6. The number of nitrogens with one attached hydrogen (secondary N) is 5. The number of aryl methyl sites for hydroxylation is 4. The van der Waals surface area contributed by atoms with Gasteiger partial charge in [-0.25, -0.2) is 83.1 Å². The molecule has 145 heavy (non-hydrogen) atoms. The van der Waals surface area contributed by atoms with E-state index in [2.05, 4.69) is 149 Å². The van der Waals surface area contributed by atoms with Crippen molar-refractivity contribution in [3.05, 3.63) is 225 Å². The summed E-state index contributed by atoms with van der Waals surface area (Å²) in [5.41, 5.74) is 24.2.